The van der Waals surface area contributed by atoms with Gasteiger partial charge in [0, 0.05) is 12.0 Å². The van der Waals surface area contributed by atoms with Crippen LogP contribution in [0.3, 0.4) is 0 Å². The minimum absolute atomic E-state index is 0.00292. The summed E-state index contributed by atoms with van der Waals surface area (Å²) in [6.07, 6.45) is -8.57. The Bertz CT molecular complexity index is 873. The molecule has 0 unspecified atom stereocenters. The lowest BCUT2D eigenvalue weighted by molar-refractivity contribution is -0.286. The number of hydrogen-bond acceptors (Lipinski definition) is 8. The van der Waals surface area contributed by atoms with Gasteiger partial charge in [-0.1, -0.05) is 12.1 Å². The highest BCUT2D eigenvalue weighted by Gasteiger charge is 2.46. The molecule has 1 aliphatic rings. The zero-order valence-corrected chi connectivity index (χ0v) is 17.2. The molecule has 1 aliphatic heterocycles. The number of hydrogen-bond donors (Lipinski definition) is 5. The highest BCUT2D eigenvalue weighted by molar-refractivity contribution is 5.42. The Morgan fingerprint density at radius 1 is 1.03 bits per heavy atom. The number of methoxy groups -OCH3 is 1. The summed E-state index contributed by atoms with van der Waals surface area (Å²) in [5.41, 5.74) is 1.14. The predicted octanol–water partition coefficient (Wildman–Crippen LogP) is 0.485. The molecule has 2 aromatic rings. The summed E-state index contributed by atoms with van der Waals surface area (Å²) in [6.45, 7) is 0.915. The molecule has 9 heteroatoms. The molecule has 1 heterocycles. The van der Waals surface area contributed by atoms with Gasteiger partial charge in [0.25, 0.3) is 0 Å². The van der Waals surface area contributed by atoms with E-state index < -0.39 is 49.2 Å². The SMILES string of the molecule is COc1ccc(Cc2c(F)cc(CO)cc2O[C@@H]2O[C@H]([C@@H](C)O)[C@@H](O)[C@H](O)[C@H]2O)cc1. The van der Waals surface area contributed by atoms with Gasteiger partial charge < -0.3 is 39.7 Å². The fourth-order valence-corrected chi connectivity index (χ4v) is 3.48. The van der Waals surface area contributed by atoms with E-state index >= 15 is 0 Å². The van der Waals surface area contributed by atoms with E-state index in [1.54, 1.807) is 24.3 Å². The summed E-state index contributed by atoms with van der Waals surface area (Å²) in [7, 11) is 1.54. The molecule has 31 heavy (non-hydrogen) atoms. The van der Waals surface area contributed by atoms with Crippen LogP contribution < -0.4 is 9.47 Å². The van der Waals surface area contributed by atoms with Crippen molar-refractivity contribution in [2.24, 2.45) is 0 Å². The fourth-order valence-electron chi connectivity index (χ4n) is 3.48. The smallest absolute Gasteiger partial charge is 0.229 e. The third kappa shape index (κ3) is 5.15. The maximum absolute atomic E-state index is 14.9. The van der Waals surface area contributed by atoms with Crippen molar-refractivity contribution in [1.82, 2.24) is 0 Å². The van der Waals surface area contributed by atoms with Gasteiger partial charge in [-0.2, -0.15) is 0 Å². The molecule has 0 amide bonds. The third-order valence-electron chi connectivity index (χ3n) is 5.26. The Labute approximate surface area is 179 Å². The van der Waals surface area contributed by atoms with E-state index in [1.807, 2.05) is 0 Å². The van der Waals surface area contributed by atoms with Crippen molar-refractivity contribution in [3.63, 3.8) is 0 Å². The molecular weight excluding hydrogens is 411 g/mol. The van der Waals surface area contributed by atoms with Gasteiger partial charge in [0.15, 0.2) is 0 Å². The van der Waals surface area contributed by atoms with E-state index in [0.717, 1.165) is 5.56 Å². The van der Waals surface area contributed by atoms with Crippen LogP contribution in [0, 0.1) is 5.82 Å². The summed E-state index contributed by atoms with van der Waals surface area (Å²) < 4.78 is 31.2. The van der Waals surface area contributed by atoms with Crippen molar-refractivity contribution in [1.29, 1.82) is 0 Å². The molecule has 0 aromatic heterocycles. The Morgan fingerprint density at radius 2 is 1.71 bits per heavy atom. The van der Waals surface area contributed by atoms with Crippen LogP contribution in [0.1, 0.15) is 23.6 Å². The normalized spacial score (nSPS) is 27.0. The fraction of sp³-hybridized carbons (Fsp3) is 0.455. The van der Waals surface area contributed by atoms with Crippen molar-refractivity contribution < 1.29 is 44.1 Å². The van der Waals surface area contributed by atoms with Crippen LogP contribution in [0.25, 0.3) is 0 Å². The average Bonchev–Trinajstić information content (AvgIpc) is 2.76. The number of ether oxygens (including phenoxy) is 3. The van der Waals surface area contributed by atoms with Gasteiger partial charge in [0.2, 0.25) is 6.29 Å². The van der Waals surface area contributed by atoms with Crippen LogP contribution in [-0.4, -0.2) is 69.5 Å². The molecule has 0 bridgehead atoms. The van der Waals surface area contributed by atoms with E-state index in [2.05, 4.69) is 0 Å². The molecule has 0 radical (unpaired) electrons. The highest BCUT2D eigenvalue weighted by Crippen LogP contribution is 2.32. The van der Waals surface area contributed by atoms with Gasteiger partial charge >= 0.3 is 0 Å². The van der Waals surface area contributed by atoms with Crippen molar-refractivity contribution in [3.05, 3.63) is 58.9 Å². The Kier molecular flexibility index (Phi) is 7.47. The first-order chi connectivity index (χ1) is 14.7. The topological polar surface area (TPSA) is 129 Å². The third-order valence-corrected chi connectivity index (χ3v) is 5.26. The monoisotopic (exact) mass is 438 g/mol. The van der Waals surface area contributed by atoms with Crippen LogP contribution in [0.5, 0.6) is 11.5 Å². The summed E-state index contributed by atoms with van der Waals surface area (Å²) in [6, 6.07) is 9.58. The second kappa shape index (κ2) is 9.90. The molecule has 0 aliphatic carbocycles. The number of halogens is 1. The summed E-state index contributed by atoms with van der Waals surface area (Å²) >= 11 is 0. The van der Waals surface area contributed by atoms with Gasteiger partial charge in [0.05, 0.1) is 19.8 Å². The first kappa shape index (κ1) is 23.4. The highest BCUT2D eigenvalue weighted by atomic mass is 19.1. The minimum Gasteiger partial charge on any atom is -0.497 e. The maximum Gasteiger partial charge on any atom is 0.229 e. The lowest BCUT2D eigenvalue weighted by Gasteiger charge is -2.41. The summed E-state index contributed by atoms with van der Waals surface area (Å²) in [5.74, 6) is 0.0129. The lowest BCUT2D eigenvalue weighted by atomic mass is 9.96. The molecule has 2 aromatic carbocycles. The maximum atomic E-state index is 14.9. The largest absolute Gasteiger partial charge is 0.497 e. The zero-order valence-electron chi connectivity index (χ0n) is 17.2. The minimum atomic E-state index is -1.65. The van der Waals surface area contributed by atoms with Gasteiger partial charge in [0.1, 0.15) is 41.7 Å². The van der Waals surface area contributed by atoms with Crippen molar-refractivity contribution in [3.8, 4) is 11.5 Å². The predicted molar refractivity (Wildman–Crippen MR) is 107 cm³/mol. The summed E-state index contributed by atoms with van der Waals surface area (Å²) in [5, 5.41) is 49.7. The van der Waals surface area contributed by atoms with Gasteiger partial charge in [-0.15, -0.1) is 0 Å². The average molecular weight is 438 g/mol. The number of rotatable bonds is 7. The standard InChI is InChI=1S/C22H27FO8/c1-11(25)21-19(27)18(26)20(28)22(31-21)30-17-9-13(10-24)8-16(23)15(17)7-12-3-5-14(29-2)6-4-12/h3-6,8-9,11,18-22,24-28H,7,10H2,1-2H3/t11-,18+,19+,20-,21-,22-/m1/s1. The molecule has 8 nitrogen and oxygen atoms in total. The Morgan fingerprint density at radius 3 is 2.29 bits per heavy atom. The second-order valence-electron chi connectivity index (χ2n) is 7.54. The van der Waals surface area contributed by atoms with Crippen molar-refractivity contribution in [2.45, 2.75) is 56.8 Å². The molecule has 3 rings (SSSR count). The molecule has 1 fully saturated rings. The van der Waals surface area contributed by atoms with Crippen molar-refractivity contribution in [2.75, 3.05) is 7.11 Å². The molecule has 1 saturated heterocycles. The molecule has 6 atom stereocenters. The number of aliphatic hydroxyl groups excluding tert-OH is 5. The second-order valence-corrected chi connectivity index (χ2v) is 7.54. The lowest BCUT2D eigenvalue weighted by Crippen LogP contribution is -2.61. The Hall–Kier alpha value is -2.27. The number of aliphatic hydroxyl groups is 5. The van der Waals surface area contributed by atoms with Gasteiger partial charge in [-0.25, -0.2) is 4.39 Å². The van der Waals surface area contributed by atoms with E-state index in [9.17, 15) is 29.9 Å². The van der Waals surface area contributed by atoms with Crippen LogP contribution in [-0.2, 0) is 17.8 Å². The zero-order chi connectivity index (χ0) is 22.7. The molecule has 0 saturated carbocycles. The van der Waals surface area contributed by atoms with Crippen LogP contribution in [0.2, 0.25) is 0 Å². The molecule has 170 valence electrons. The van der Waals surface area contributed by atoms with E-state index in [1.165, 1.54) is 26.2 Å². The van der Waals surface area contributed by atoms with Crippen LogP contribution in [0.15, 0.2) is 36.4 Å². The van der Waals surface area contributed by atoms with E-state index in [4.69, 9.17) is 14.2 Å². The summed E-state index contributed by atoms with van der Waals surface area (Å²) in [4.78, 5) is 0. The van der Waals surface area contributed by atoms with Crippen LogP contribution >= 0.6 is 0 Å². The van der Waals surface area contributed by atoms with Gasteiger partial charge in [-0.05, 0) is 42.3 Å². The molecule has 5 N–H and O–H groups in total. The van der Waals surface area contributed by atoms with E-state index in [0.29, 0.717) is 5.75 Å². The Balaban J connectivity index is 1.92. The molecular formula is C22H27FO8. The van der Waals surface area contributed by atoms with Crippen molar-refractivity contribution >= 4 is 0 Å². The first-order valence-electron chi connectivity index (χ1n) is 9.84. The van der Waals surface area contributed by atoms with Crippen LogP contribution in [0.4, 0.5) is 4.39 Å². The first-order valence-corrected chi connectivity index (χ1v) is 9.84. The number of benzene rings is 2. The van der Waals surface area contributed by atoms with E-state index in [-0.39, 0.29) is 23.3 Å². The quantitative estimate of drug-likeness (QED) is 0.422. The molecule has 0 spiro atoms. The van der Waals surface area contributed by atoms with Gasteiger partial charge in [-0.3, -0.25) is 0 Å².